The van der Waals surface area contributed by atoms with E-state index >= 15 is 0 Å². The number of amides is 1. The van der Waals surface area contributed by atoms with Crippen LogP contribution < -0.4 is 11.0 Å². The second kappa shape index (κ2) is 6.90. The molecule has 1 amide bonds. The monoisotopic (exact) mass is 334 g/mol. The molecule has 3 rings (SSSR count). The maximum Gasteiger partial charge on any atom is 0.351 e. The van der Waals surface area contributed by atoms with Crippen molar-refractivity contribution in [2.75, 3.05) is 17.7 Å². The van der Waals surface area contributed by atoms with E-state index in [9.17, 15) is 9.59 Å². The molecule has 23 heavy (non-hydrogen) atoms. The van der Waals surface area contributed by atoms with Crippen molar-refractivity contribution in [2.45, 2.75) is 11.7 Å². The van der Waals surface area contributed by atoms with Crippen molar-refractivity contribution in [3.63, 3.8) is 0 Å². The Morgan fingerprint density at radius 1 is 1.52 bits per heavy atom. The molecule has 1 fully saturated rings. The molecule has 8 nitrogen and oxygen atoms in total. The minimum absolute atomic E-state index is 0.109. The van der Waals surface area contributed by atoms with Gasteiger partial charge in [-0.2, -0.15) is 4.98 Å². The van der Waals surface area contributed by atoms with Gasteiger partial charge in [0.25, 0.3) is 5.91 Å². The van der Waals surface area contributed by atoms with Gasteiger partial charge in [-0.3, -0.25) is 14.3 Å². The molecule has 0 saturated carbocycles. The average Bonchev–Trinajstić information content (AvgIpc) is 3.04. The van der Waals surface area contributed by atoms with Gasteiger partial charge in [-0.1, -0.05) is 0 Å². The minimum atomic E-state index is -0.529. The fraction of sp³-hybridized carbons (Fsp3) is 0.286. The number of carbonyl (C=O) groups is 1. The highest BCUT2D eigenvalue weighted by Gasteiger charge is 2.27. The lowest BCUT2D eigenvalue weighted by atomic mass is 10.3. The van der Waals surface area contributed by atoms with Crippen molar-refractivity contribution in [1.29, 1.82) is 0 Å². The highest BCUT2D eigenvalue weighted by atomic mass is 32.2. The fourth-order valence-corrected chi connectivity index (χ4v) is 3.00. The van der Waals surface area contributed by atoms with Crippen LogP contribution in [0.5, 0.6) is 0 Å². The first-order valence-corrected chi connectivity index (χ1v) is 7.91. The molecule has 1 aliphatic heterocycles. The number of hydrogen-bond acceptors (Lipinski definition) is 7. The lowest BCUT2D eigenvalue weighted by Gasteiger charge is -2.14. The zero-order valence-corrected chi connectivity index (χ0v) is 12.8. The Hall–Kier alpha value is -2.23. The van der Waals surface area contributed by atoms with E-state index in [-0.39, 0.29) is 17.9 Å². The normalized spacial score (nSPS) is 20.4. The lowest BCUT2D eigenvalue weighted by molar-refractivity contribution is -0.00629. The second-order valence-electron chi connectivity index (χ2n) is 4.73. The van der Waals surface area contributed by atoms with Crippen LogP contribution in [0, 0.1) is 0 Å². The smallest absolute Gasteiger partial charge is 0.351 e. The van der Waals surface area contributed by atoms with Crippen molar-refractivity contribution in [3.05, 3.63) is 52.8 Å². The number of thioether (sulfide) groups is 1. The summed E-state index contributed by atoms with van der Waals surface area (Å²) in [6, 6.07) is 4.78. The maximum atomic E-state index is 12.1. The van der Waals surface area contributed by atoms with Crippen LogP contribution in [0.4, 0.5) is 5.82 Å². The van der Waals surface area contributed by atoms with Crippen molar-refractivity contribution in [1.82, 2.24) is 14.5 Å². The number of anilines is 1. The topological polar surface area (TPSA) is 106 Å². The summed E-state index contributed by atoms with van der Waals surface area (Å²) in [6.07, 6.45) is 4.03. The van der Waals surface area contributed by atoms with Gasteiger partial charge in [0.2, 0.25) is 0 Å². The first-order chi connectivity index (χ1) is 11.2. The molecule has 0 radical (unpaired) electrons. The Balaban J connectivity index is 1.72. The molecule has 2 atom stereocenters. The van der Waals surface area contributed by atoms with Gasteiger partial charge < -0.3 is 15.2 Å². The molecule has 120 valence electrons. The van der Waals surface area contributed by atoms with Gasteiger partial charge in [0.15, 0.2) is 0 Å². The second-order valence-corrected chi connectivity index (χ2v) is 5.93. The summed E-state index contributed by atoms with van der Waals surface area (Å²) < 4.78 is 6.84. The number of aliphatic hydroxyl groups is 1. The molecule has 0 spiro atoms. The van der Waals surface area contributed by atoms with Crippen molar-refractivity contribution in [2.24, 2.45) is 0 Å². The van der Waals surface area contributed by atoms with E-state index < -0.39 is 17.8 Å². The fourth-order valence-electron chi connectivity index (χ4n) is 2.07. The molecule has 0 aromatic carbocycles. The van der Waals surface area contributed by atoms with Gasteiger partial charge in [-0.25, -0.2) is 4.79 Å². The van der Waals surface area contributed by atoms with Crippen molar-refractivity contribution in [3.8, 4) is 0 Å². The molecule has 1 aliphatic rings. The quantitative estimate of drug-likeness (QED) is 0.837. The highest BCUT2D eigenvalue weighted by Crippen LogP contribution is 2.30. The van der Waals surface area contributed by atoms with Crippen LogP contribution in [0.25, 0.3) is 0 Å². The van der Waals surface area contributed by atoms with Crippen LogP contribution >= 0.6 is 11.8 Å². The number of aromatic nitrogens is 3. The highest BCUT2D eigenvalue weighted by molar-refractivity contribution is 8.00. The summed E-state index contributed by atoms with van der Waals surface area (Å²) in [5.74, 6) is 0.314. The van der Waals surface area contributed by atoms with Gasteiger partial charge in [0.1, 0.15) is 17.5 Å². The van der Waals surface area contributed by atoms with Crippen LogP contribution in [-0.2, 0) is 4.74 Å². The van der Waals surface area contributed by atoms with Gasteiger partial charge in [-0.05, 0) is 18.2 Å². The third-order valence-corrected chi connectivity index (χ3v) is 4.30. The molecule has 0 unspecified atom stereocenters. The Morgan fingerprint density at radius 2 is 2.39 bits per heavy atom. The third-order valence-electron chi connectivity index (χ3n) is 3.19. The van der Waals surface area contributed by atoms with Crippen molar-refractivity contribution >= 4 is 23.5 Å². The van der Waals surface area contributed by atoms with E-state index in [1.54, 1.807) is 18.3 Å². The molecule has 2 aromatic rings. The lowest BCUT2D eigenvalue weighted by Crippen LogP contribution is -2.29. The third kappa shape index (κ3) is 3.58. The molecule has 3 heterocycles. The zero-order chi connectivity index (χ0) is 16.2. The number of nitrogens with zero attached hydrogens (tertiary/aromatic N) is 3. The van der Waals surface area contributed by atoms with E-state index in [0.717, 1.165) is 0 Å². The predicted octanol–water partition coefficient (Wildman–Crippen LogP) is 0.471. The Bertz CT molecular complexity index is 752. The van der Waals surface area contributed by atoms with Gasteiger partial charge >= 0.3 is 5.69 Å². The molecular weight excluding hydrogens is 320 g/mol. The molecule has 0 bridgehead atoms. The number of ether oxygens (including phenoxy) is 1. The molecule has 9 heteroatoms. The molecular formula is C14H14N4O4S. The minimum Gasteiger partial charge on any atom is -0.393 e. The number of aliphatic hydroxyl groups excluding tert-OH is 1. The van der Waals surface area contributed by atoms with Crippen LogP contribution in [0.2, 0.25) is 0 Å². The summed E-state index contributed by atoms with van der Waals surface area (Å²) in [5.41, 5.74) is -0.491. The number of pyridine rings is 1. The van der Waals surface area contributed by atoms with E-state index in [1.807, 2.05) is 0 Å². The van der Waals surface area contributed by atoms with Gasteiger partial charge in [-0.15, -0.1) is 11.8 Å². The standard InChI is InChI=1S/C14H14N4O4S/c19-7-12-22-11(8-23-12)18-5-3-10(17-14(18)21)16-13(20)9-2-1-4-15-6-9/h1-6,11-12,19H,7-8H2,(H,16,17,20,21)/t11-,12+/m0/s1. The van der Waals surface area contributed by atoms with Gasteiger partial charge in [0.05, 0.1) is 12.2 Å². The largest absolute Gasteiger partial charge is 0.393 e. The van der Waals surface area contributed by atoms with Crippen LogP contribution in [0.1, 0.15) is 16.6 Å². The summed E-state index contributed by atoms with van der Waals surface area (Å²) in [6.45, 7) is -0.109. The summed E-state index contributed by atoms with van der Waals surface area (Å²) >= 11 is 1.43. The Labute approximate surface area is 135 Å². The van der Waals surface area contributed by atoms with E-state index in [0.29, 0.717) is 11.3 Å². The average molecular weight is 334 g/mol. The predicted molar refractivity (Wildman–Crippen MR) is 84.1 cm³/mol. The Kier molecular flexibility index (Phi) is 4.70. The number of hydrogen-bond donors (Lipinski definition) is 2. The van der Waals surface area contributed by atoms with Crippen LogP contribution in [-0.4, -0.2) is 43.3 Å². The zero-order valence-electron chi connectivity index (χ0n) is 12.0. The number of nitrogens with one attached hydrogen (secondary N) is 1. The Morgan fingerprint density at radius 3 is 3.04 bits per heavy atom. The van der Waals surface area contributed by atoms with Crippen LogP contribution in [0.3, 0.4) is 0 Å². The SMILES string of the molecule is O=C(Nc1ccn([C@@H]2CS[C@H](CO)O2)c(=O)n1)c1cccnc1. The first-order valence-electron chi connectivity index (χ1n) is 6.86. The summed E-state index contributed by atoms with van der Waals surface area (Å²) in [5, 5.41) is 11.6. The van der Waals surface area contributed by atoms with E-state index in [2.05, 4.69) is 15.3 Å². The first kappa shape index (κ1) is 15.7. The van der Waals surface area contributed by atoms with Crippen LogP contribution in [0.15, 0.2) is 41.6 Å². The number of carbonyl (C=O) groups excluding carboxylic acids is 1. The van der Waals surface area contributed by atoms with E-state index in [1.165, 1.54) is 34.8 Å². The molecule has 1 saturated heterocycles. The summed E-state index contributed by atoms with van der Waals surface area (Å²) in [4.78, 5) is 31.8. The molecule has 0 aliphatic carbocycles. The van der Waals surface area contributed by atoms with Crippen molar-refractivity contribution < 1.29 is 14.6 Å². The summed E-state index contributed by atoms with van der Waals surface area (Å²) in [7, 11) is 0. The molecule has 2 aromatic heterocycles. The van der Waals surface area contributed by atoms with E-state index in [4.69, 9.17) is 9.84 Å². The van der Waals surface area contributed by atoms with Gasteiger partial charge in [0, 0.05) is 24.3 Å². The number of rotatable bonds is 4. The maximum absolute atomic E-state index is 12.1. The molecule has 2 N–H and O–H groups in total.